The number of amides is 3. The first kappa shape index (κ1) is 31.6. The van der Waals surface area contributed by atoms with Gasteiger partial charge in [-0.3, -0.25) is 10.1 Å². The molecular weight excluding hydrogens is 584 g/mol. The van der Waals surface area contributed by atoms with E-state index in [-0.39, 0.29) is 24.0 Å². The predicted molar refractivity (Wildman–Crippen MR) is 184 cm³/mol. The van der Waals surface area contributed by atoms with Crippen molar-refractivity contribution in [2.75, 3.05) is 28.0 Å². The maximum absolute atomic E-state index is 13.4. The SMILES string of the molecule is CSCCC(=O)Nc1cc(COc2ccc(NC(=O)Nc3cc(C(C)(C)C)nn3-c3ccc(C)cc3)c3ccccc23)ccn1. The minimum absolute atomic E-state index is 0.0673. The topological polar surface area (TPSA) is 110 Å². The Morgan fingerprint density at radius 3 is 2.40 bits per heavy atom. The van der Waals surface area contributed by atoms with Gasteiger partial charge in [-0.15, -0.1) is 0 Å². The molecule has 10 heteroatoms. The molecule has 0 spiro atoms. The number of carbonyl (C=O) groups is 2. The van der Waals surface area contributed by atoms with Gasteiger partial charge in [0.1, 0.15) is 24.0 Å². The minimum atomic E-state index is -0.383. The summed E-state index contributed by atoms with van der Waals surface area (Å²) in [5.41, 5.74) is 4.18. The molecule has 9 nitrogen and oxygen atoms in total. The molecule has 0 bridgehead atoms. The van der Waals surface area contributed by atoms with Crippen LogP contribution < -0.4 is 20.7 Å². The molecule has 5 aromatic rings. The number of rotatable bonds is 10. The zero-order valence-corrected chi connectivity index (χ0v) is 27.0. The molecule has 2 aromatic heterocycles. The second-order valence-electron chi connectivity index (χ2n) is 11.8. The van der Waals surface area contributed by atoms with Gasteiger partial charge in [-0.25, -0.2) is 14.5 Å². The normalized spacial score (nSPS) is 11.3. The Morgan fingerprint density at radius 2 is 1.67 bits per heavy atom. The molecule has 3 N–H and O–H groups in total. The Balaban J connectivity index is 1.32. The summed E-state index contributed by atoms with van der Waals surface area (Å²) in [5, 5.41) is 15.4. The van der Waals surface area contributed by atoms with E-state index in [1.165, 1.54) is 0 Å². The van der Waals surface area contributed by atoms with Crippen LogP contribution in [0.2, 0.25) is 0 Å². The van der Waals surface area contributed by atoms with Crippen LogP contribution in [0.25, 0.3) is 16.5 Å². The largest absolute Gasteiger partial charge is 0.488 e. The summed E-state index contributed by atoms with van der Waals surface area (Å²) in [5.74, 6) is 2.43. The highest BCUT2D eigenvalue weighted by molar-refractivity contribution is 7.98. The smallest absolute Gasteiger partial charge is 0.324 e. The maximum atomic E-state index is 13.4. The van der Waals surface area contributed by atoms with Crippen LogP contribution >= 0.6 is 11.8 Å². The minimum Gasteiger partial charge on any atom is -0.488 e. The van der Waals surface area contributed by atoms with E-state index in [4.69, 9.17) is 9.84 Å². The molecular formula is C35H38N6O3S. The van der Waals surface area contributed by atoms with Crippen molar-refractivity contribution >= 4 is 51.8 Å². The van der Waals surface area contributed by atoms with Gasteiger partial charge < -0.3 is 15.4 Å². The van der Waals surface area contributed by atoms with Gasteiger partial charge in [-0.2, -0.15) is 16.9 Å². The molecule has 3 aromatic carbocycles. The number of anilines is 3. The Labute approximate surface area is 267 Å². The van der Waals surface area contributed by atoms with Gasteiger partial charge in [0.2, 0.25) is 5.91 Å². The number of benzene rings is 3. The molecule has 0 aliphatic rings. The summed E-state index contributed by atoms with van der Waals surface area (Å²) >= 11 is 1.62. The van der Waals surface area contributed by atoms with Crippen molar-refractivity contribution in [1.82, 2.24) is 14.8 Å². The van der Waals surface area contributed by atoms with Crippen molar-refractivity contribution in [2.45, 2.75) is 46.1 Å². The van der Waals surface area contributed by atoms with E-state index in [1.54, 1.807) is 22.6 Å². The summed E-state index contributed by atoms with van der Waals surface area (Å²) in [7, 11) is 0. The first-order chi connectivity index (χ1) is 21.6. The van der Waals surface area contributed by atoms with Gasteiger partial charge in [0.15, 0.2) is 0 Å². The molecule has 2 heterocycles. The van der Waals surface area contributed by atoms with E-state index in [2.05, 4.69) is 41.7 Å². The number of fused-ring (bicyclic) bond motifs is 1. The monoisotopic (exact) mass is 622 g/mol. The Kier molecular flexibility index (Phi) is 9.73. The Bertz CT molecular complexity index is 1810. The van der Waals surface area contributed by atoms with Gasteiger partial charge >= 0.3 is 6.03 Å². The highest BCUT2D eigenvalue weighted by atomic mass is 32.2. The third-order valence-electron chi connectivity index (χ3n) is 7.15. The molecule has 0 unspecified atom stereocenters. The van der Waals surface area contributed by atoms with Gasteiger partial charge in [0.25, 0.3) is 0 Å². The van der Waals surface area contributed by atoms with E-state index < -0.39 is 0 Å². The number of urea groups is 1. The third kappa shape index (κ3) is 8.02. The summed E-state index contributed by atoms with van der Waals surface area (Å²) in [6.45, 7) is 8.59. The average molecular weight is 623 g/mol. The van der Waals surface area contributed by atoms with Gasteiger partial charge in [-0.05, 0) is 55.1 Å². The number of ether oxygens (including phenoxy) is 1. The zero-order chi connectivity index (χ0) is 32.0. The number of hydrogen-bond donors (Lipinski definition) is 3. The molecule has 3 amide bonds. The fraction of sp³-hybridized carbons (Fsp3) is 0.257. The first-order valence-corrected chi connectivity index (χ1v) is 16.1. The van der Waals surface area contributed by atoms with Crippen LogP contribution in [0.15, 0.2) is 85.1 Å². The second kappa shape index (κ2) is 13.9. The van der Waals surface area contributed by atoms with Crippen LogP contribution in [0.3, 0.4) is 0 Å². The van der Waals surface area contributed by atoms with E-state index in [1.807, 2.05) is 92.0 Å². The standard InChI is InChI=1S/C35H38N6O3S/c1-23-10-12-25(13-11-23)41-32(21-30(40-41)35(2,3)4)39-34(43)37-28-14-15-29(27-9-7-6-8-26(27)28)44-22-24-16-18-36-31(20-24)38-33(42)17-19-45-5/h6-16,18,20-21H,17,19,22H2,1-5H3,(H,36,38,42)(H2,37,39,43). The van der Waals surface area contributed by atoms with Crippen LogP contribution in [-0.2, 0) is 16.8 Å². The molecule has 0 saturated carbocycles. The molecule has 0 radical (unpaired) electrons. The number of pyridine rings is 1. The number of aromatic nitrogens is 3. The van der Waals surface area contributed by atoms with Crippen molar-refractivity contribution in [2.24, 2.45) is 0 Å². The summed E-state index contributed by atoms with van der Waals surface area (Å²) in [4.78, 5) is 29.7. The van der Waals surface area contributed by atoms with Crippen molar-refractivity contribution in [3.05, 3.63) is 102 Å². The highest BCUT2D eigenvalue weighted by Gasteiger charge is 2.22. The summed E-state index contributed by atoms with van der Waals surface area (Å²) in [6, 6.07) is 24.6. The molecule has 0 aliphatic heterocycles. The summed E-state index contributed by atoms with van der Waals surface area (Å²) < 4.78 is 7.97. The van der Waals surface area contributed by atoms with E-state index in [9.17, 15) is 9.59 Å². The van der Waals surface area contributed by atoms with Crippen molar-refractivity contribution in [3.8, 4) is 11.4 Å². The fourth-order valence-electron chi connectivity index (χ4n) is 4.69. The predicted octanol–water partition coefficient (Wildman–Crippen LogP) is 7.94. The summed E-state index contributed by atoms with van der Waals surface area (Å²) in [6.07, 6.45) is 4.06. The molecule has 0 fully saturated rings. The van der Waals surface area contributed by atoms with Crippen LogP contribution in [0.4, 0.5) is 22.1 Å². The van der Waals surface area contributed by atoms with Gasteiger partial charge in [0.05, 0.1) is 17.1 Å². The number of thioether (sulfide) groups is 1. The lowest BCUT2D eigenvalue weighted by Crippen LogP contribution is -2.21. The van der Waals surface area contributed by atoms with Crippen LogP contribution in [-0.4, -0.2) is 38.7 Å². The lowest BCUT2D eigenvalue weighted by molar-refractivity contribution is -0.115. The zero-order valence-electron chi connectivity index (χ0n) is 26.2. The Morgan fingerprint density at radius 1 is 0.911 bits per heavy atom. The fourth-order valence-corrected chi connectivity index (χ4v) is 5.08. The number of nitrogens with one attached hydrogen (secondary N) is 3. The van der Waals surface area contributed by atoms with E-state index >= 15 is 0 Å². The van der Waals surface area contributed by atoms with Gasteiger partial charge in [0, 0.05) is 40.6 Å². The number of nitrogens with zero attached hydrogens (tertiary/aromatic N) is 3. The molecule has 0 saturated heterocycles. The third-order valence-corrected chi connectivity index (χ3v) is 7.76. The van der Waals surface area contributed by atoms with Crippen LogP contribution in [0.1, 0.15) is 44.0 Å². The quantitative estimate of drug-likeness (QED) is 0.146. The lowest BCUT2D eigenvalue weighted by atomic mass is 9.92. The average Bonchev–Trinajstić information content (AvgIpc) is 3.44. The number of carbonyl (C=O) groups excluding carboxylic acids is 2. The number of aryl methyl sites for hydroxylation is 1. The molecule has 5 rings (SSSR count). The first-order valence-electron chi connectivity index (χ1n) is 14.7. The van der Waals surface area contributed by atoms with Crippen molar-refractivity contribution < 1.29 is 14.3 Å². The second-order valence-corrected chi connectivity index (χ2v) is 12.8. The Hall–Kier alpha value is -4.83. The van der Waals surface area contributed by atoms with Crippen LogP contribution in [0, 0.1) is 6.92 Å². The van der Waals surface area contributed by atoms with Gasteiger partial charge in [-0.1, -0.05) is 62.7 Å². The number of hydrogen-bond acceptors (Lipinski definition) is 6. The van der Waals surface area contributed by atoms with E-state index in [0.29, 0.717) is 29.5 Å². The van der Waals surface area contributed by atoms with Crippen molar-refractivity contribution in [3.63, 3.8) is 0 Å². The van der Waals surface area contributed by atoms with Crippen LogP contribution in [0.5, 0.6) is 5.75 Å². The van der Waals surface area contributed by atoms with E-state index in [0.717, 1.165) is 39.0 Å². The van der Waals surface area contributed by atoms with Crippen molar-refractivity contribution in [1.29, 1.82) is 0 Å². The highest BCUT2D eigenvalue weighted by Crippen LogP contribution is 2.33. The molecule has 0 atom stereocenters. The lowest BCUT2D eigenvalue weighted by Gasteiger charge is -2.15. The maximum Gasteiger partial charge on any atom is 0.324 e. The molecule has 45 heavy (non-hydrogen) atoms. The molecule has 0 aliphatic carbocycles. The molecule has 232 valence electrons.